The number of carbonyl (C=O) groups excluding carboxylic acids is 1. The molecule has 0 aliphatic carbocycles. The van der Waals surface area contributed by atoms with Crippen LogP contribution < -0.4 is 5.32 Å². The van der Waals surface area contributed by atoms with Crippen LogP contribution >= 0.6 is 0 Å². The largest absolute Gasteiger partial charge is 0.363 e. The van der Waals surface area contributed by atoms with E-state index in [2.05, 4.69) is 26.2 Å². The van der Waals surface area contributed by atoms with E-state index in [1.807, 2.05) is 12.3 Å². The molecule has 1 amide bonds. The Labute approximate surface area is 149 Å². The predicted octanol–water partition coefficient (Wildman–Crippen LogP) is 1.03. The molecule has 3 aliphatic rings. The van der Waals surface area contributed by atoms with Gasteiger partial charge in [0.25, 0.3) is 0 Å². The van der Waals surface area contributed by atoms with E-state index in [0.29, 0.717) is 6.04 Å². The Bertz CT molecular complexity index is 576. The number of fused-ring (bicyclic) bond motifs is 1. The number of rotatable bonds is 6. The van der Waals surface area contributed by atoms with Crippen LogP contribution in [0.1, 0.15) is 31.2 Å². The minimum absolute atomic E-state index is 0.0647. The molecule has 1 aromatic rings. The lowest BCUT2D eigenvalue weighted by Gasteiger charge is -2.22. The van der Waals surface area contributed by atoms with E-state index in [1.54, 1.807) is 6.20 Å². The number of amides is 1. The highest BCUT2D eigenvalue weighted by atomic mass is 16.5. The molecule has 4 rings (SSSR count). The maximum absolute atomic E-state index is 12.4. The monoisotopic (exact) mass is 344 g/mol. The number of likely N-dealkylation sites (tertiary alicyclic amines) is 2. The van der Waals surface area contributed by atoms with Crippen LogP contribution in [-0.4, -0.2) is 71.7 Å². The summed E-state index contributed by atoms with van der Waals surface area (Å²) in [6.45, 7) is 5.95. The first kappa shape index (κ1) is 16.9. The SMILES string of the molecule is O=C(NCCN1CCCC1)[C@@H]1C[C@H]2[C@H](CCN2Cc2cccnc2)O1. The van der Waals surface area contributed by atoms with Crippen LogP contribution in [0.3, 0.4) is 0 Å². The van der Waals surface area contributed by atoms with Gasteiger partial charge in [0.05, 0.1) is 6.10 Å². The summed E-state index contributed by atoms with van der Waals surface area (Å²) in [4.78, 5) is 21.5. The van der Waals surface area contributed by atoms with Gasteiger partial charge < -0.3 is 15.0 Å². The molecule has 1 N–H and O–H groups in total. The molecule has 1 aromatic heterocycles. The molecule has 0 radical (unpaired) electrons. The van der Waals surface area contributed by atoms with Gasteiger partial charge in [-0.15, -0.1) is 0 Å². The van der Waals surface area contributed by atoms with Crippen molar-refractivity contribution in [1.82, 2.24) is 20.1 Å². The second-order valence-electron chi connectivity index (χ2n) is 7.43. The molecule has 3 atom stereocenters. The first-order valence-corrected chi connectivity index (χ1v) is 9.58. The summed E-state index contributed by atoms with van der Waals surface area (Å²) in [6, 6.07) is 4.44. The fourth-order valence-electron chi connectivity index (χ4n) is 4.38. The zero-order valence-electron chi connectivity index (χ0n) is 14.8. The van der Waals surface area contributed by atoms with Crippen LogP contribution in [0.15, 0.2) is 24.5 Å². The van der Waals surface area contributed by atoms with E-state index in [1.165, 1.54) is 31.5 Å². The van der Waals surface area contributed by atoms with Crippen molar-refractivity contribution >= 4 is 5.91 Å². The van der Waals surface area contributed by atoms with Gasteiger partial charge in [-0.2, -0.15) is 0 Å². The number of pyridine rings is 1. The van der Waals surface area contributed by atoms with Crippen molar-refractivity contribution in [1.29, 1.82) is 0 Å². The van der Waals surface area contributed by atoms with Crippen molar-refractivity contribution in [2.45, 2.75) is 50.5 Å². The fraction of sp³-hybridized carbons (Fsp3) is 0.684. The normalized spacial score (nSPS) is 29.8. The second-order valence-corrected chi connectivity index (χ2v) is 7.43. The molecule has 136 valence electrons. The Balaban J connectivity index is 1.25. The van der Waals surface area contributed by atoms with Crippen molar-refractivity contribution in [2.24, 2.45) is 0 Å². The van der Waals surface area contributed by atoms with Crippen molar-refractivity contribution in [3.8, 4) is 0 Å². The van der Waals surface area contributed by atoms with Crippen molar-refractivity contribution in [3.63, 3.8) is 0 Å². The van der Waals surface area contributed by atoms with Gasteiger partial charge in [-0.05, 0) is 44.0 Å². The second kappa shape index (κ2) is 7.81. The zero-order chi connectivity index (χ0) is 17.1. The summed E-state index contributed by atoms with van der Waals surface area (Å²) in [5, 5.41) is 3.07. The highest BCUT2D eigenvalue weighted by Gasteiger charge is 2.45. The van der Waals surface area contributed by atoms with Crippen molar-refractivity contribution < 1.29 is 9.53 Å². The third kappa shape index (κ3) is 4.02. The standard InChI is InChI=1S/C19H28N4O2/c24-19(21-7-11-22-8-1-2-9-22)18-12-16-17(25-18)5-10-23(16)14-15-4-3-6-20-13-15/h3-4,6,13,16-18H,1-2,5,7-12,14H2,(H,21,24)/t16-,17-,18-/m0/s1. The van der Waals surface area contributed by atoms with Gasteiger partial charge in [-0.3, -0.25) is 14.7 Å². The molecule has 3 fully saturated rings. The predicted molar refractivity (Wildman–Crippen MR) is 95.0 cm³/mol. The van der Waals surface area contributed by atoms with Crippen LogP contribution in [-0.2, 0) is 16.1 Å². The third-order valence-corrected chi connectivity index (χ3v) is 5.72. The Morgan fingerprint density at radius 1 is 1.32 bits per heavy atom. The van der Waals surface area contributed by atoms with Crippen LogP contribution in [0.25, 0.3) is 0 Å². The average molecular weight is 344 g/mol. The maximum atomic E-state index is 12.4. The number of ether oxygens (including phenoxy) is 1. The smallest absolute Gasteiger partial charge is 0.249 e. The van der Waals surface area contributed by atoms with Crippen LogP contribution in [0, 0.1) is 0 Å². The topological polar surface area (TPSA) is 57.7 Å². The first-order valence-electron chi connectivity index (χ1n) is 9.58. The van der Waals surface area contributed by atoms with Crippen LogP contribution in [0.4, 0.5) is 0 Å². The molecule has 3 aliphatic heterocycles. The summed E-state index contributed by atoms with van der Waals surface area (Å²) in [6.07, 6.45) is 8.04. The Hall–Kier alpha value is -1.50. The highest BCUT2D eigenvalue weighted by Crippen LogP contribution is 2.33. The van der Waals surface area contributed by atoms with Crippen molar-refractivity contribution in [2.75, 3.05) is 32.7 Å². The summed E-state index contributed by atoms with van der Waals surface area (Å²) in [5.74, 6) is 0.0647. The van der Waals surface area contributed by atoms with Gasteiger partial charge in [0.15, 0.2) is 0 Å². The fourth-order valence-corrected chi connectivity index (χ4v) is 4.38. The molecular formula is C19H28N4O2. The molecule has 6 nitrogen and oxygen atoms in total. The molecule has 0 spiro atoms. The summed E-state index contributed by atoms with van der Waals surface area (Å²) < 4.78 is 6.05. The summed E-state index contributed by atoms with van der Waals surface area (Å²) in [7, 11) is 0. The van der Waals surface area contributed by atoms with Gasteiger partial charge in [0.1, 0.15) is 6.10 Å². The average Bonchev–Trinajstić information content (AvgIpc) is 3.34. The number of nitrogens with one attached hydrogen (secondary N) is 1. The quantitative estimate of drug-likeness (QED) is 0.835. The third-order valence-electron chi connectivity index (χ3n) is 5.72. The molecule has 0 saturated carbocycles. The van der Waals surface area contributed by atoms with E-state index in [4.69, 9.17) is 4.74 Å². The van der Waals surface area contributed by atoms with Crippen LogP contribution in [0.5, 0.6) is 0 Å². The van der Waals surface area contributed by atoms with E-state index in [0.717, 1.165) is 39.0 Å². The molecule has 6 heteroatoms. The van der Waals surface area contributed by atoms with E-state index >= 15 is 0 Å². The van der Waals surface area contributed by atoms with Gasteiger partial charge in [-0.25, -0.2) is 0 Å². The minimum Gasteiger partial charge on any atom is -0.363 e. The van der Waals surface area contributed by atoms with Gasteiger partial charge in [0.2, 0.25) is 5.91 Å². The molecule has 0 unspecified atom stereocenters. The van der Waals surface area contributed by atoms with E-state index in [-0.39, 0.29) is 18.1 Å². The highest BCUT2D eigenvalue weighted by molar-refractivity contribution is 5.81. The lowest BCUT2D eigenvalue weighted by molar-refractivity contribution is -0.132. The molecule has 4 heterocycles. The first-order chi connectivity index (χ1) is 12.3. The summed E-state index contributed by atoms with van der Waals surface area (Å²) in [5.41, 5.74) is 1.22. The molecule has 0 aromatic carbocycles. The summed E-state index contributed by atoms with van der Waals surface area (Å²) >= 11 is 0. The Morgan fingerprint density at radius 3 is 3.00 bits per heavy atom. The number of hydrogen-bond acceptors (Lipinski definition) is 5. The number of aromatic nitrogens is 1. The number of nitrogens with zero attached hydrogens (tertiary/aromatic N) is 3. The lowest BCUT2D eigenvalue weighted by atomic mass is 10.1. The molecule has 3 saturated heterocycles. The van der Waals surface area contributed by atoms with Gasteiger partial charge >= 0.3 is 0 Å². The van der Waals surface area contributed by atoms with Crippen LogP contribution in [0.2, 0.25) is 0 Å². The number of carbonyl (C=O) groups is 1. The molecular weight excluding hydrogens is 316 g/mol. The van der Waals surface area contributed by atoms with Gasteiger partial charge in [-0.1, -0.05) is 6.07 Å². The lowest BCUT2D eigenvalue weighted by Crippen LogP contribution is -2.40. The van der Waals surface area contributed by atoms with Crippen molar-refractivity contribution in [3.05, 3.63) is 30.1 Å². The minimum atomic E-state index is -0.287. The van der Waals surface area contributed by atoms with E-state index in [9.17, 15) is 4.79 Å². The number of hydrogen-bond donors (Lipinski definition) is 1. The van der Waals surface area contributed by atoms with Gasteiger partial charge in [0, 0.05) is 51.0 Å². The Morgan fingerprint density at radius 2 is 2.20 bits per heavy atom. The molecule has 0 bridgehead atoms. The zero-order valence-corrected chi connectivity index (χ0v) is 14.8. The maximum Gasteiger partial charge on any atom is 0.249 e. The Kier molecular flexibility index (Phi) is 5.29. The molecule has 25 heavy (non-hydrogen) atoms. The van der Waals surface area contributed by atoms with E-state index < -0.39 is 0 Å².